The molecule has 2 heterocycles. The Labute approximate surface area is 85.7 Å². The highest BCUT2D eigenvalue weighted by atomic mass is 19.3. The summed E-state index contributed by atoms with van der Waals surface area (Å²) in [6, 6.07) is 2.38. The van der Waals surface area contributed by atoms with Gasteiger partial charge in [0.05, 0.1) is 6.54 Å². The average molecular weight is 216 g/mol. The fourth-order valence-corrected chi connectivity index (χ4v) is 1.73. The van der Waals surface area contributed by atoms with Gasteiger partial charge in [-0.2, -0.15) is 0 Å². The lowest BCUT2D eigenvalue weighted by molar-refractivity contribution is -0.0118. The smallest absolute Gasteiger partial charge is 0.265 e. The van der Waals surface area contributed by atoms with Crippen LogP contribution in [0.2, 0.25) is 0 Å². The van der Waals surface area contributed by atoms with Crippen LogP contribution in [0.5, 0.6) is 0 Å². The first kappa shape index (κ1) is 10.3. The van der Waals surface area contributed by atoms with Crippen molar-refractivity contribution in [1.29, 1.82) is 0 Å². The zero-order valence-corrected chi connectivity index (χ0v) is 8.09. The topological polar surface area (TPSA) is 16.1 Å². The summed E-state index contributed by atoms with van der Waals surface area (Å²) in [5.74, 6) is -2.85. The van der Waals surface area contributed by atoms with Gasteiger partial charge in [0.15, 0.2) is 0 Å². The van der Waals surface area contributed by atoms with Crippen molar-refractivity contribution >= 4 is 5.82 Å². The maximum absolute atomic E-state index is 13.1. The molecule has 0 spiro atoms. The van der Waals surface area contributed by atoms with E-state index in [1.54, 1.807) is 0 Å². The Bertz CT molecular complexity index is 354. The predicted molar refractivity (Wildman–Crippen MR) is 50.6 cm³/mol. The van der Waals surface area contributed by atoms with E-state index in [0.29, 0.717) is 13.0 Å². The molecule has 0 amide bonds. The molecule has 2 nitrogen and oxygen atoms in total. The molecule has 0 N–H and O–H groups in total. The lowest BCUT2D eigenvalue weighted by Crippen LogP contribution is -2.43. The summed E-state index contributed by atoms with van der Waals surface area (Å²) >= 11 is 0. The third-order valence-corrected chi connectivity index (χ3v) is 2.42. The summed E-state index contributed by atoms with van der Waals surface area (Å²) in [4.78, 5) is 5.30. The van der Waals surface area contributed by atoms with Crippen molar-refractivity contribution < 1.29 is 13.2 Å². The number of anilines is 1. The van der Waals surface area contributed by atoms with Crippen LogP contribution in [0.25, 0.3) is 0 Å². The van der Waals surface area contributed by atoms with Crippen LogP contribution in [0.15, 0.2) is 18.3 Å². The van der Waals surface area contributed by atoms with Gasteiger partial charge >= 0.3 is 0 Å². The van der Waals surface area contributed by atoms with Crippen molar-refractivity contribution in [2.45, 2.75) is 18.8 Å². The maximum Gasteiger partial charge on any atom is 0.265 e. The molecule has 1 saturated heterocycles. The molecule has 1 aromatic rings. The fourth-order valence-electron chi connectivity index (χ4n) is 1.73. The predicted octanol–water partition coefficient (Wildman–Crippen LogP) is 2.46. The van der Waals surface area contributed by atoms with E-state index in [9.17, 15) is 13.2 Å². The first-order valence-electron chi connectivity index (χ1n) is 4.81. The van der Waals surface area contributed by atoms with Crippen molar-refractivity contribution in [2.24, 2.45) is 0 Å². The first-order valence-corrected chi connectivity index (χ1v) is 4.81. The summed E-state index contributed by atoms with van der Waals surface area (Å²) in [7, 11) is 0. The molecule has 0 radical (unpaired) electrons. The van der Waals surface area contributed by atoms with Crippen molar-refractivity contribution in [2.75, 3.05) is 18.0 Å². The van der Waals surface area contributed by atoms with Crippen LogP contribution in [-0.2, 0) is 0 Å². The van der Waals surface area contributed by atoms with Gasteiger partial charge in [-0.05, 0) is 12.5 Å². The number of hydrogen-bond donors (Lipinski definition) is 0. The van der Waals surface area contributed by atoms with Gasteiger partial charge in [-0.1, -0.05) is 0 Å². The standard InChI is InChI=1S/C10H11F3N2/c11-8-2-4-14-9(6-8)15-5-1-3-10(12,13)7-15/h2,4,6H,1,3,5,7H2. The highest BCUT2D eigenvalue weighted by Gasteiger charge is 2.35. The van der Waals surface area contributed by atoms with Crippen LogP contribution >= 0.6 is 0 Å². The largest absolute Gasteiger partial charge is 0.350 e. The molecule has 0 aliphatic carbocycles. The molecule has 0 atom stereocenters. The second-order valence-corrected chi connectivity index (χ2v) is 3.71. The van der Waals surface area contributed by atoms with Crippen molar-refractivity contribution in [1.82, 2.24) is 4.98 Å². The minimum Gasteiger partial charge on any atom is -0.350 e. The van der Waals surface area contributed by atoms with Crippen LogP contribution in [0.3, 0.4) is 0 Å². The Kier molecular flexibility index (Phi) is 2.54. The summed E-state index contributed by atoms with van der Waals surface area (Å²) in [5.41, 5.74) is 0. The Morgan fingerprint density at radius 3 is 2.87 bits per heavy atom. The normalized spacial score (nSPS) is 20.3. The summed E-state index contributed by atoms with van der Waals surface area (Å²) < 4.78 is 39.0. The SMILES string of the molecule is Fc1ccnc(N2CCCC(F)(F)C2)c1. The summed E-state index contributed by atoms with van der Waals surface area (Å²) in [5, 5.41) is 0. The van der Waals surface area contributed by atoms with Crippen LogP contribution in [-0.4, -0.2) is 24.0 Å². The van der Waals surface area contributed by atoms with Gasteiger partial charge in [-0.3, -0.25) is 0 Å². The quantitative estimate of drug-likeness (QED) is 0.716. The zero-order valence-electron chi connectivity index (χ0n) is 8.09. The molecule has 15 heavy (non-hydrogen) atoms. The number of pyridine rings is 1. The van der Waals surface area contributed by atoms with Gasteiger partial charge in [0.25, 0.3) is 5.92 Å². The Hall–Kier alpha value is -1.26. The number of alkyl halides is 2. The molecule has 0 unspecified atom stereocenters. The van der Waals surface area contributed by atoms with E-state index in [0.717, 1.165) is 0 Å². The minimum absolute atomic E-state index is 0.0984. The number of piperidine rings is 1. The molecule has 2 rings (SSSR count). The number of hydrogen-bond acceptors (Lipinski definition) is 2. The molecule has 1 aliphatic heterocycles. The second kappa shape index (κ2) is 3.72. The highest BCUT2D eigenvalue weighted by molar-refractivity contribution is 5.39. The number of halogens is 3. The minimum atomic E-state index is -2.69. The molecule has 1 fully saturated rings. The van der Waals surface area contributed by atoms with Crippen LogP contribution in [0.4, 0.5) is 19.0 Å². The molecule has 0 saturated carbocycles. The van der Waals surface area contributed by atoms with Crippen molar-refractivity contribution in [3.05, 3.63) is 24.1 Å². The van der Waals surface area contributed by atoms with Gasteiger partial charge in [0, 0.05) is 25.2 Å². The zero-order chi connectivity index (χ0) is 10.9. The van der Waals surface area contributed by atoms with Gasteiger partial charge in [-0.25, -0.2) is 18.2 Å². The lowest BCUT2D eigenvalue weighted by atomic mass is 10.1. The third kappa shape index (κ3) is 2.40. The van der Waals surface area contributed by atoms with Crippen LogP contribution < -0.4 is 4.90 Å². The van der Waals surface area contributed by atoms with E-state index in [1.165, 1.54) is 23.2 Å². The Morgan fingerprint density at radius 2 is 2.20 bits per heavy atom. The maximum atomic E-state index is 13.1. The first-order chi connectivity index (χ1) is 7.07. The molecular weight excluding hydrogens is 205 g/mol. The van der Waals surface area contributed by atoms with E-state index < -0.39 is 11.7 Å². The van der Waals surface area contributed by atoms with Crippen LogP contribution in [0.1, 0.15) is 12.8 Å². The van der Waals surface area contributed by atoms with E-state index >= 15 is 0 Å². The van der Waals surface area contributed by atoms with E-state index in [1.807, 2.05) is 0 Å². The van der Waals surface area contributed by atoms with Crippen molar-refractivity contribution in [3.63, 3.8) is 0 Å². The molecule has 0 aromatic carbocycles. The molecule has 0 bridgehead atoms. The third-order valence-electron chi connectivity index (χ3n) is 2.42. The van der Waals surface area contributed by atoms with Gasteiger partial charge < -0.3 is 4.90 Å². The monoisotopic (exact) mass is 216 g/mol. The molecule has 82 valence electrons. The summed E-state index contributed by atoms with van der Waals surface area (Å²) in [6.07, 6.45) is 1.60. The average Bonchev–Trinajstić information content (AvgIpc) is 2.16. The molecular formula is C10H11F3N2. The Morgan fingerprint density at radius 1 is 1.40 bits per heavy atom. The molecule has 1 aliphatic rings. The van der Waals surface area contributed by atoms with Crippen LogP contribution in [0, 0.1) is 5.82 Å². The summed E-state index contributed by atoms with van der Waals surface area (Å²) in [6.45, 7) is 0.134. The van der Waals surface area contributed by atoms with Gasteiger partial charge in [0.1, 0.15) is 11.6 Å². The number of aromatic nitrogens is 1. The molecule has 1 aromatic heterocycles. The fraction of sp³-hybridized carbons (Fsp3) is 0.500. The Balaban J connectivity index is 2.17. The molecule has 5 heteroatoms. The van der Waals surface area contributed by atoms with E-state index in [4.69, 9.17) is 0 Å². The van der Waals surface area contributed by atoms with Gasteiger partial charge in [0.2, 0.25) is 0 Å². The van der Waals surface area contributed by atoms with Gasteiger partial charge in [-0.15, -0.1) is 0 Å². The highest BCUT2D eigenvalue weighted by Crippen LogP contribution is 2.29. The number of rotatable bonds is 1. The lowest BCUT2D eigenvalue weighted by Gasteiger charge is -2.33. The van der Waals surface area contributed by atoms with E-state index in [2.05, 4.69) is 4.98 Å². The van der Waals surface area contributed by atoms with Crippen molar-refractivity contribution in [3.8, 4) is 0 Å². The second-order valence-electron chi connectivity index (χ2n) is 3.71. The van der Waals surface area contributed by atoms with E-state index in [-0.39, 0.29) is 18.8 Å². The number of nitrogens with zero attached hydrogens (tertiary/aromatic N) is 2.